The van der Waals surface area contributed by atoms with Crippen LogP contribution in [-0.4, -0.2) is 62.0 Å². The molecule has 1 aliphatic heterocycles. The summed E-state index contributed by atoms with van der Waals surface area (Å²) < 4.78 is 23.9. The molecule has 0 bridgehead atoms. The molecule has 16 heavy (non-hydrogen) atoms. The lowest BCUT2D eigenvalue weighted by molar-refractivity contribution is -0.133. The summed E-state index contributed by atoms with van der Waals surface area (Å²) >= 11 is 0. The number of nitrogens with two attached hydrogens (primary N) is 1. The second-order valence-electron chi connectivity index (χ2n) is 4.00. The van der Waals surface area contributed by atoms with Crippen LogP contribution in [0.1, 0.15) is 13.3 Å². The van der Waals surface area contributed by atoms with E-state index in [0.29, 0.717) is 32.6 Å². The van der Waals surface area contributed by atoms with E-state index in [1.807, 2.05) is 6.92 Å². The van der Waals surface area contributed by atoms with Crippen molar-refractivity contribution in [3.63, 3.8) is 0 Å². The van der Waals surface area contributed by atoms with Crippen LogP contribution in [0.4, 0.5) is 0 Å². The van der Waals surface area contributed by atoms with E-state index in [-0.39, 0.29) is 5.91 Å². The normalized spacial score (nSPS) is 20.8. The molecule has 1 amide bonds. The molecular weight excluding hydrogens is 230 g/mol. The summed E-state index contributed by atoms with van der Waals surface area (Å²) in [6.07, 6.45) is 1.79. The molecule has 0 spiro atoms. The van der Waals surface area contributed by atoms with Gasteiger partial charge in [0.2, 0.25) is 15.9 Å². The molecule has 0 aromatic carbocycles. The van der Waals surface area contributed by atoms with Crippen molar-refractivity contribution in [2.45, 2.75) is 19.4 Å². The zero-order valence-electron chi connectivity index (χ0n) is 9.72. The molecule has 2 N–H and O–H groups in total. The first-order valence-electron chi connectivity index (χ1n) is 5.35. The van der Waals surface area contributed by atoms with Crippen LogP contribution in [0.25, 0.3) is 0 Å². The number of carbonyl (C=O) groups is 1. The van der Waals surface area contributed by atoms with Crippen LogP contribution in [0, 0.1) is 0 Å². The van der Waals surface area contributed by atoms with Crippen LogP contribution in [0.2, 0.25) is 0 Å². The number of amides is 1. The van der Waals surface area contributed by atoms with Crippen molar-refractivity contribution in [1.82, 2.24) is 9.21 Å². The topological polar surface area (TPSA) is 83.7 Å². The van der Waals surface area contributed by atoms with E-state index < -0.39 is 16.1 Å². The standard InChI is InChI=1S/C9H19N3O3S/c1-3-8(10)9(13)11-4-6-12(7-5-11)16(2,14)15/h8H,3-7,10H2,1-2H3. The van der Waals surface area contributed by atoms with Crippen LogP contribution < -0.4 is 5.73 Å². The minimum atomic E-state index is -3.14. The lowest BCUT2D eigenvalue weighted by atomic mass is 10.2. The summed E-state index contributed by atoms with van der Waals surface area (Å²) in [6.45, 7) is 3.44. The third-order valence-corrected chi connectivity index (χ3v) is 4.08. The molecule has 94 valence electrons. The number of nitrogens with zero attached hydrogens (tertiary/aromatic N) is 2. The molecule has 1 atom stereocenters. The Morgan fingerprint density at radius 3 is 2.19 bits per heavy atom. The molecule has 0 aromatic rings. The molecule has 1 fully saturated rings. The van der Waals surface area contributed by atoms with Gasteiger partial charge in [0.05, 0.1) is 12.3 Å². The first-order chi connectivity index (χ1) is 7.36. The van der Waals surface area contributed by atoms with E-state index in [2.05, 4.69) is 0 Å². The molecule has 1 saturated heterocycles. The fraction of sp³-hybridized carbons (Fsp3) is 0.889. The number of hydrogen-bond acceptors (Lipinski definition) is 4. The molecule has 0 radical (unpaired) electrons. The predicted molar refractivity (Wildman–Crippen MR) is 61.3 cm³/mol. The van der Waals surface area contributed by atoms with Gasteiger partial charge in [0.1, 0.15) is 0 Å². The van der Waals surface area contributed by atoms with Gasteiger partial charge in [0, 0.05) is 26.2 Å². The second kappa shape index (κ2) is 5.11. The third kappa shape index (κ3) is 3.16. The van der Waals surface area contributed by atoms with Gasteiger partial charge in [-0.3, -0.25) is 4.79 Å². The first kappa shape index (κ1) is 13.4. The summed E-state index contributed by atoms with van der Waals surface area (Å²) in [7, 11) is -3.14. The molecule has 1 aliphatic rings. The van der Waals surface area contributed by atoms with Crippen molar-refractivity contribution in [1.29, 1.82) is 0 Å². The fourth-order valence-electron chi connectivity index (χ4n) is 1.65. The molecule has 0 saturated carbocycles. The Balaban J connectivity index is 2.53. The van der Waals surface area contributed by atoms with Crippen LogP contribution in [0.3, 0.4) is 0 Å². The lowest BCUT2D eigenvalue weighted by Crippen LogP contribution is -2.53. The van der Waals surface area contributed by atoms with Gasteiger partial charge in [-0.05, 0) is 6.42 Å². The number of rotatable bonds is 3. The van der Waals surface area contributed by atoms with Gasteiger partial charge in [-0.1, -0.05) is 6.92 Å². The van der Waals surface area contributed by atoms with E-state index >= 15 is 0 Å². The van der Waals surface area contributed by atoms with Crippen LogP contribution >= 0.6 is 0 Å². The largest absolute Gasteiger partial charge is 0.339 e. The van der Waals surface area contributed by atoms with Gasteiger partial charge in [-0.15, -0.1) is 0 Å². The molecule has 1 rings (SSSR count). The molecule has 7 heteroatoms. The minimum Gasteiger partial charge on any atom is -0.339 e. The Hall–Kier alpha value is -0.660. The Bertz CT molecular complexity index is 347. The summed E-state index contributed by atoms with van der Waals surface area (Å²) in [5.41, 5.74) is 5.64. The molecule has 1 unspecified atom stereocenters. The molecule has 1 heterocycles. The van der Waals surface area contributed by atoms with Crippen molar-refractivity contribution in [2.24, 2.45) is 5.73 Å². The van der Waals surface area contributed by atoms with Crippen LogP contribution in [0.5, 0.6) is 0 Å². The quantitative estimate of drug-likeness (QED) is 0.683. The zero-order valence-corrected chi connectivity index (χ0v) is 10.5. The van der Waals surface area contributed by atoms with E-state index in [0.717, 1.165) is 0 Å². The number of sulfonamides is 1. The van der Waals surface area contributed by atoms with Crippen molar-refractivity contribution in [3.8, 4) is 0 Å². The Labute approximate surface area is 96.4 Å². The summed E-state index contributed by atoms with van der Waals surface area (Å²) in [5, 5.41) is 0. The highest BCUT2D eigenvalue weighted by Crippen LogP contribution is 2.07. The number of piperazine rings is 1. The Morgan fingerprint density at radius 2 is 1.81 bits per heavy atom. The predicted octanol–water partition coefficient (Wildman–Crippen LogP) is -1.17. The Morgan fingerprint density at radius 1 is 1.31 bits per heavy atom. The molecule has 6 nitrogen and oxygen atoms in total. The molecular formula is C9H19N3O3S. The van der Waals surface area contributed by atoms with E-state index in [4.69, 9.17) is 5.73 Å². The fourth-order valence-corrected chi connectivity index (χ4v) is 2.48. The van der Waals surface area contributed by atoms with Crippen molar-refractivity contribution in [2.75, 3.05) is 32.4 Å². The number of carbonyl (C=O) groups excluding carboxylic acids is 1. The van der Waals surface area contributed by atoms with Gasteiger partial charge >= 0.3 is 0 Å². The first-order valence-corrected chi connectivity index (χ1v) is 7.20. The highest BCUT2D eigenvalue weighted by atomic mass is 32.2. The summed E-state index contributed by atoms with van der Waals surface area (Å²) in [4.78, 5) is 13.4. The highest BCUT2D eigenvalue weighted by Gasteiger charge is 2.27. The van der Waals surface area contributed by atoms with Gasteiger partial charge in [-0.25, -0.2) is 8.42 Å². The monoisotopic (exact) mass is 249 g/mol. The SMILES string of the molecule is CCC(N)C(=O)N1CCN(S(C)(=O)=O)CC1. The summed E-state index contributed by atoms with van der Waals surface area (Å²) in [5.74, 6) is -0.0874. The average molecular weight is 249 g/mol. The van der Waals surface area contributed by atoms with Crippen molar-refractivity contribution in [3.05, 3.63) is 0 Å². The Kier molecular flexibility index (Phi) is 4.28. The van der Waals surface area contributed by atoms with Crippen molar-refractivity contribution >= 4 is 15.9 Å². The third-order valence-electron chi connectivity index (χ3n) is 2.78. The van der Waals surface area contributed by atoms with E-state index in [9.17, 15) is 13.2 Å². The maximum Gasteiger partial charge on any atom is 0.239 e. The average Bonchev–Trinajstić information content (AvgIpc) is 2.26. The maximum atomic E-state index is 11.7. The maximum absolute atomic E-state index is 11.7. The smallest absolute Gasteiger partial charge is 0.239 e. The second-order valence-corrected chi connectivity index (χ2v) is 5.98. The zero-order chi connectivity index (χ0) is 12.3. The van der Waals surface area contributed by atoms with Crippen LogP contribution in [-0.2, 0) is 14.8 Å². The minimum absolute atomic E-state index is 0.0874. The van der Waals surface area contributed by atoms with E-state index in [1.54, 1.807) is 4.90 Å². The van der Waals surface area contributed by atoms with Gasteiger partial charge in [-0.2, -0.15) is 4.31 Å². The number of hydrogen-bond donors (Lipinski definition) is 1. The highest BCUT2D eigenvalue weighted by molar-refractivity contribution is 7.88. The van der Waals surface area contributed by atoms with Crippen molar-refractivity contribution < 1.29 is 13.2 Å². The lowest BCUT2D eigenvalue weighted by Gasteiger charge is -2.34. The van der Waals surface area contributed by atoms with E-state index in [1.165, 1.54) is 10.6 Å². The van der Waals surface area contributed by atoms with Gasteiger partial charge in [0.15, 0.2) is 0 Å². The molecule has 0 aliphatic carbocycles. The summed E-state index contributed by atoms with van der Waals surface area (Å²) in [6, 6.07) is -0.468. The molecule has 0 aromatic heterocycles. The van der Waals surface area contributed by atoms with Gasteiger partial charge < -0.3 is 10.6 Å². The van der Waals surface area contributed by atoms with Gasteiger partial charge in [0.25, 0.3) is 0 Å². The van der Waals surface area contributed by atoms with Crippen LogP contribution in [0.15, 0.2) is 0 Å².